The van der Waals surface area contributed by atoms with Crippen LogP contribution in [0.15, 0.2) is 81.8 Å². The Morgan fingerprint density at radius 1 is 0.667 bits per heavy atom. The molecule has 3 aromatic heterocycles. The van der Waals surface area contributed by atoms with Crippen LogP contribution in [-0.2, 0) is 0 Å². The normalized spacial score (nSPS) is 11.9. The maximum Gasteiger partial charge on any atom is 0.144 e. The first-order valence-corrected chi connectivity index (χ1v) is 8.97. The van der Waals surface area contributed by atoms with Crippen molar-refractivity contribution in [2.24, 2.45) is 0 Å². The molecule has 3 heterocycles. The molecule has 0 spiro atoms. The minimum Gasteiger partial charge on any atom is -0.456 e. The van der Waals surface area contributed by atoms with Crippen molar-refractivity contribution >= 4 is 43.9 Å². The Morgan fingerprint density at radius 2 is 1.48 bits per heavy atom. The molecule has 0 bridgehead atoms. The molecule has 0 aliphatic heterocycles. The van der Waals surface area contributed by atoms with Crippen molar-refractivity contribution in [3.05, 3.63) is 78.5 Å². The molecule has 0 unspecified atom stereocenters. The van der Waals surface area contributed by atoms with E-state index in [2.05, 4.69) is 48.3 Å². The van der Waals surface area contributed by atoms with Gasteiger partial charge in [0.1, 0.15) is 22.3 Å². The van der Waals surface area contributed by atoms with Gasteiger partial charge in [-0.15, -0.1) is 0 Å². The number of pyridine rings is 1. The van der Waals surface area contributed by atoms with E-state index in [1.54, 1.807) is 0 Å². The number of para-hydroxylation sites is 2. The average Bonchev–Trinajstić information content (AvgIpc) is 3.23. The van der Waals surface area contributed by atoms with Gasteiger partial charge in [-0.05, 0) is 42.8 Å². The third-order valence-electron chi connectivity index (χ3n) is 5.19. The summed E-state index contributed by atoms with van der Waals surface area (Å²) >= 11 is 0. The predicted molar refractivity (Wildman–Crippen MR) is 109 cm³/mol. The molecule has 0 saturated carbocycles. The summed E-state index contributed by atoms with van der Waals surface area (Å²) in [5.41, 5.74) is 6.55. The van der Waals surface area contributed by atoms with Gasteiger partial charge in [0.05, 0.1) is 5.69 Å². The molecule has 0 aliphatic rings. The minimum atomic E-state index is 0.830. The first kappa shape index (κ1) is 14.6. The number of nitrogens with zero attached hydrogens (tertiary/aromatic N) is 1. The van der Waals surface area contributed by atoms with Crippen LogP contribution in [0.25, 0.3) is 55.1 Å². The maximum atomic E-state index is 6.28. The van der Waals surface area contributed by atoms with E-state index < -0.39 is 0 Å². The highest BCUT2D eigenvalue weighted by atomic mass is 16.3. The smallest absolute Gasteiger partial charge is 0.144 e. The molecule has 3 nitrogen and oxygen atoms in total. The SMILES string of the molecule is Cc1ccnc(-c2cccc3c2oc2cc4oc5ccccc5c4cc23)c1. The third-order valence-corrected chi connectivity index (χ3v) is 5.19. The van der Waals surface area contributed by atoms with Crippen molar-refractivity contribution in [3.8, 4) is 11.3 Å². The predicted octanol–water partition coefficient (Wildman–Crippen LogP) is 6.86. The Morgan fingerprint density at radius 3 is 2.41 bits per heavy atom. The second-order valence-corrected chi connectivity index (χ2v) is 6.95. The molecule has 3 heteroatoms. The van der Waals surface area contributed by atoms with Crippen molar-refractivity contribution < 1.29 is 8.83 Å². The number of benzene rings is 3. The van der Waals surface area contributed by atoms with Crippen LogP contribution in [0.4, 0.5) is 0 Å². The number of hydrogen-bond donors (Lipinski definition) is 0. The lowest BCUT2D eigenvalue weighted by molar-refractivity contribution is 0.656. The van der Waals surface area contributed by atoms with Crippen molar-refractivity contribution in [2.45, 2.75) is 6.92 Å². The van der Waals surface area contributed by atoms with Crippen molar-refractivity contribution in [1.82, 2.24) is 4.98 Å². The summed E-state index contributed by atoms with van der Waals surface area (Å²) in [6.07, 6.45) is 1.84. The van der Waals surface area contributed by atoms with Crippen molar-refractivity contribution in [2.75, 3.05) is 0 Å². The lowest BCUT2D eigenvalue weighted by Crippen LogP contribution is -1.84. The molecular formula is C24H15NO2. The zero-order chi connectivity index (χ0) is 18.0. The summed E-state index contributed by atoms with van der Waals surface area (Å²) in [4.78, 5) is 4.54. The zero-order valence-corrected chi connectivity index (χ0v) is 14.7. The molecule has 0 atom stereocenters. The number of rotatable bonds is 1. The van der Waals surface area contributed by atoms with Crippen LogP contribution in [0.2, 0.25) is 0 Å². The molecule has 128 valence electrons. The first-order valence-electron chi connectivity index (χ1n) is 8.97. The van der Waals surface area contributed by atoms with Gasteiger partial charge in [-0.2, -0.15) is 0 Å². The van der Waals surface area contributed by atoms with Gasteiger partial charge in [-0.25, -0.2) is 0 Å². The fourth-order valence-electron chi connectivity index (χ4n) is 3.90. The second kappa shape index (κ2) is 5.21. The van der Waals surface area contributed by atoms with E-state index in [9.17, 15) is 0 Å². The Bertz CT molecular complexity index is 1490. The standard InChI is InChI=1S/C24H15NO2/c1-14-9-10-25-20(11-14)17-7-4-6-16-19-12-18-15-5-2-3-8-21(15)26-22(18)13-23(19)27-24(16)17/h2-13H,1H3. The Balaban J connectivity index is 1.72. The molecule has 0 amide bonds. The molecule has 0 saturated heterocycles. The fraction of sp³-hybridized carbons (Fsp3) is 0.0417. The quantitative estimate of drug-likeness (QED) is 0.326. The monoisotopic (exact) mass is 349 g/mol. The average molecular weight is 349 g/mol. The van der Waals surface area contributed by atoms with Gasteiger partial charge < -0.3 is 8.83 Å². The van der Waals surface area contributed by atoms with Crippen molar-refractivity contribution in [1.29, 1.82) is 0 Å². The highest BCUT2D eigenvalue weighted by Gasteiger charge is 2.16. The summed E-state index contributed by atoms with van der Waals surface area (Å²) < 4.78 is 12.3. The van der Waals surface area contributed by atoms with Gasteiger partial charge in [0.25, 0.3) is 0 Å². The summed E-state index contributed by atoms with van der Waals surface area (Å²) in [7, 11) is 0. The van der Waals surface area contributed by atoms with E-state index in [-0.39, 0.29) is 0 Å². The molecule has 6 rings (SSSR count). The van der Waals surface area contributed by atoms with Crippen LogP contribution in [-0.4, -0.2) is 4.98 Å². The number of hydrogen-bond acceptors (Lipinski definition) is 3. The van der Waals surface area contributed by atoms with Crippen molar-refractivity contribution in [3.63, 3.8) is 0 Å². The zero-order valence-electron chi connectivity index (χ0n) is 14.7. The molecule has 6 aromatic rings. The van der Waals surface area contributed by atoms with E-state index in [4.69, 9.17) is 8.83 Å². The summed E-state index contributed by atoms with van der Waals surface area (Å²) in [6.45, 7) is 2.07. The van der Waals surface area contributed by atoms with Crippen LogP contribution >= 0.6 is 0 Å². The highest BCUT2D eigenvalue weighted by Crippen LogP contribution is 2.39. The molecule has 27 heavy (non-hydrogen) atoms. The minimum absolute atomic E-state index is 0.830. The molecule has 3 aromatic carbocycles. The summed E-state index contributed by atoms with van der Waals surface area (Å²) in [5, 5.41) is 4.43. The number of aryl methyl sites for hydroxylation is 1. The lowest BCUT2D eigenvalue weighted by atomic mass is 10.0. The van der Waals surface area contributed by atoms with Gasteiger partial charge in [0.15, 0.2) is 0 Å². The number of aromatic nitrogens is 1. The Hall–Kier alpha value is -3.59. The van der Waals surface area contributed by atoms with E-state index in [0.29, 0.717) is 0 Å². The van der Waals surface area contributed by atoms with Gasteiger partial charge in [-0.1, -0.05) is 30.3 Å². The summed E-state index contributed by atoms with van der Waals surface area (Å²) in [6, 6.07) is 22.6. The van der Waals surface area contributed by atoms with Crippen LogP contribution in [0, 0.1) is 6.92 Å². The maximum absolute atomic E-state index is 6.28. The van der Waals surface area contributed by atoms with Crippen LogP contribution < -0.4 is 0 Å². The molecule has 0 aliphatic carbocycles. The third kappa shape index (κ3) is 2.05. The topological polar surface area (TPSA) is 39.2 Å². The largest absolute Gasteiger partial charge is 0.456 e. The second-order valence-electron chi connectivity index (χ2n) is 6.95. The van der Waals surface area contributed by atoms with E-state index >= 15 is 0 Å². The summed E-state index contributed by atoms with van der Waals surface area (Å²) in [5.74, 6) is 0. The van der Waals surface area contributed by atoms with Gasteiger partial charge >= 0.3 is 0 Å². The molecule has 0 N–H and O–H groups in total. The Labute approximate surface area is 154 Å². The lowest BCUT2D eigenvalue weighted by Gasteiger charge is -2.02. The molecular weight excluding hydrogens is 334 g/mol. The highest BCUT2D eigenvalue weighted by molar-refractivity contribution is 6.16. The van der Waals surface area contributed by atoms with E-state index in [1.807, 2.05) is 36.5 Å². The first-order chi connectivity index (χ1) is 13.3. The molecule has 0 radical (unpaired) electrons. The molecule has 0 fully saturated rings. The number of furan rings is 2. The van der Waals surface area contributed by atoms with Crippen LogP contribution in [0.1, 0.15) is 5.56 Å². The van der Waals surface area contributed by atoms with E-state index in [0.717, 1.165) is 55.1 Å². The van der Waals surface area contributed by atoms with Gasteiger partial charge in [0.2, 0.25) is 0 Å². The Kier molecular flexibility index (Phi) is 2.81. The van der Waals surface area contributed by atoms with Crippen LogP contribution in [0.5, 0.6) is 0 Å². The van der Waals surface area contributed by atoms with E-state index in [1.165, 1.54) is 5.56 Å². The number of fused-ring (bicyclic) bond motifs is 6. The van der Waals surface area contributed by atoms with Gasteiger partial charge in [-0.3, -0.25) is 4.98 Å². The van der Waals surface area contributed by atoms with Crippen LogP contribution in [0.3, 0.4) is 0 Å². The van der Waals surface area contributed by atoms with Gasteiger partial charge in [0, 0.05) is 39.4 Å². The fourth-order valence-corrected chi connectivity index (χ4v) is 3.90.